The van der Waals surface area contributed by atoms with Crippen molar-refractivity contribution in [1.82, 2.24) is 20.0 Å². The predicted octanol–water partition coefficient (Wildman–Crippen LogP) is 6.56. The Kier molecular flexibility index (Phi) is 13.5. The van der Waals surface area contributed by atoms with Gasteiger partial charge in [0.15, 0.2) is 0 Å². The van der Waals surface area contributed by atoms with Crippen molar-refractivity contribution in [3.8, 4) is 0 Å². The second-order valence-corrected chi connectivity index (χ2v) is 14.3. The van der Waals surface area contributed by atoms with Crippen molar-refractivity contribution in [2.45, 2.75) is 117 Å². The van der Waals surface area contributed by atoms with E-state index in [0.717, 1.165) is 71.2 Å². The second kappa shape index (κ2) is 17.3. The summed E-state index contributed by atoms with van der Waals surface area (Å²) in [7, 11) is 0. The highest BCUT2D eigenvalue weighted by Crippen LogP contribution is 2.26. The van der Waals surface area contributed by atoms with Crippen LogP contribution in [0, 0.1) is 11.8 Å². The Balaban J connectivity index is 1.34. The van der Waals surface area contributed by atoms with Crippen LogP contribution in [-0.2, 0) is 11.2 Å². The Bertz CT molecular complexity index is 958. The van der Waals surface area contributed by atoms with Crippen LogP contribution in [0.5, 0.6) is 0 Å². The van der Waals surface area contributed by atoms with Gasteiger partial charge in [-0.05, 0) is 100 Å². The van der Waals surface area contributed by atoms with E-state index in [2.05, 4.69) is 67.1 Å². The van der Waals surface area contributed by atoms with Crippen LogP contribution in [0.1, 0.15) is 104 Å². The summed E-state index contributed by atoms with van der Waals surface area (Å²) < 4.78 is 0. The summed E-state index contributed by atoms with van der Waals surface area (Å²) in [6.45, 7) is 16.7. The lowest BCUT2D eigenvalue weighted by molar-refractivity contribution is -0.134. The molecule has 0 aromatic heterocycles. The van der Waals surface area contributed by atoms with E-state index in [1.807, 2.05) is 9.80 Å². The number of likely N-dealkylation sites (tertiary alicyclic amines) is 3. The third-order valence-corrected chi connectivity index (χ3v) is 9.79. The van der Waals surface area contributed by atoms with E-state index in [9.17, 15) is 9.59 Å². The van der Waals surface area contributed by atoms with Crippen molar-refractivity contribution >= 4 is 17.6 Å². The first kappa shape index (κ1) is 33.6. The quantitative estimate of drug-likeness (QED) is 0.297. The number of benzene rings is 1. The van der Waals surface area contributed by atoms with Crippen molar-refractivity contribution in [2.24, 2.45) is 11.8 Å². The van der Waals surface area contributed by atoms with Crippen LogP contribution in [0.2, 0.25) is 0 Å². The summed E-state index contributed by atoms with van der Waals surface area (Å²) in [6.07, 6.45) is 13.5. The number of urea groups is 1. The third-order valence-electron chi connectivity index (χ3n) is 9.79. The average molecular weight is 596 g/mol. The minimum Gasteiger partial charge on any atom is -0.368 e. The summed E-state index contributed by atoms with van der Waals surface area (Å²) in [5, 5.41) is 3.15. The highest BCUT2D eigenvalue weighted by molar-refractivity contribution is 5.87. The fourth-order valence-corrected chi connectivity index (χ4v) is 7.07. The van der Waals surface area contributed by atoms with Gasteiger partial charge in [0.05, 0.1) is 0 Å². The molecule has 0 spiro atoms. The molecule has 3 amide bonds. The van der Waals surface area contributed by atoms with Gasteiger partial charge >= 0.3 is 6.03 Å². The van der Waals surface area contributed by atoms with Crippen LogP contribution in [-0.4, -0.2) is 91.1 Å². The van der Waals surface area contributed by atoms with Crippen LogP contribution in [0.25, 0.3) is 0 Å². The van der Waals surface area contributed by atoms with Gasteiger partial charge in [0.2, 0.25) is 5.91 Å². The Morgan fingerprint density at radius 1 is 0.791 bits per heavy atom. The maximum absolute atomic E-state index is 13.8. The Labute approximate surface area is 262 Å². The topological polar surface area (TPSA) is 59.1 Å². The molecule has 0 aliphatic carbocycles. The zero-order chi connectivity index (χ0) is 30.6. The first-order valence-corrected chi connectivity index (χ1v) is 17.7. The van der Waals surface area contributed by atoms with Crippen LogP contribution in [0.15, 0.2) is 24.3 Å². The summed E-state index contributed by atoms with van der Waals surface area (Å²) >= 11 is 0. The molecule has 1 atom stereocenters. The molecule has 0 radical (unpaired) electrons. The SMILES string of the molecule is CC(C)CCN(c1ccc(CCN2CCCCC2)cc1)C1CCN(C(=O)C(CC(C)C)NC(=O)N2CCCCCC2)CC1. The van der Waals surface area contributed by atoms with Crippen LogP contribution in [0.3, 0.4) is 0 Å². The molecule has 3 heterocycles. The minimum absolute atomic E-state index is 0.0602. The van der Waals surface area contributed by atoms with Crippen molar-refractivity contribution in [3.63, 3.8) is 0 Å². The molecule has 242 valence electrons. The van der Waals surface area contributed by atoms with E-state index in [0.29, 0.717) is 24.3 Å². The molecular formula is C36H61N5O2. The van der Waals surface area contributed by atoms with E-state index in [1.165, 1.54) is 63.0 Å². The van der Waals surface area contributed by atoms with E-state index >= 15 is 0 Å². The summed E-state index contributed by atoms with van der Waals surface area (Å²) in [4.78, 5) is 36.1. The van der Waals surface area contributed by atoms with E-state index < -0.39 is 6.04 Å². The molecule has 0 bridgehead atoms. The number of rotatable bonds is 12. The molecule has 7 nitrogen and oxygen atoms in total. The first-order chi connectivity index (χ1) is 20.8. The summed E-state index contributed by atoms with van der Waals surface area (Å²) in [5.41, 5.74) is 2.74. The maximum atomic E-state index is 13.8. The van der Waals surface area contributed by atoms with Crippen LogP contribution >= 0.6 is 0 Å². The molecule has 1 aromatic carbocycles. The number of nitrogens with one attached hydrogen (secondary N) is 1. The Morgan fingerprint density at radius 2 is 1.40 bits per heavy atom. The highest BCUT2D eigenvalue weighted by atomic mass is 16.2. The van der Waals surface area contributed by atoms with Gasteiger partial charge in [-0.15, -0.1) is 0 Å². The zero-order valence-corrected chi connectivity index (χ0v) is 27.9. The summed E-state index contributed by atoms with van der Waals surface area (Å²) in [6, 6.07) is 9.27. The van der Waals surface area contributed by atoms with Crippen LogP contribution in [0.4, 0.5) is 10.5 Å². The number of piperidine rings is 2. The van der Waals surface area contributed by atoms with E-state index in [4.69, 9.17) is 0 Å². The number of amides is 3. The van der Waals surface area contributed by atoms with Crippen molar-refractivity contribution < 1.29 is 9.59 Å². The van der Waals surface area contributed by atoms with Crippen molar-refractivity contribution in [2.75, 3.05) is 57.3 Å². The fraction of sp³-hybridized carbons (Fsp3) is 0.778. The van der Waals surface area contributed by atoms with Gasteiger partial charge in [-0.1, -0.05) is 59.1 Å². The predicted molar refractivity (Wildman–Crippen MR) is 179 cm³/mol. The molecule has 3 aliphatic heterocycles. The third kappa shape index (κ3) is 10.7. The molecule has 3 saturated heterocycles. The standard InChI is InChI=1S/C36H61N5O2/c1-29(2)16-27-41(32-14-12-31(13-15-32)17-24-38-20-8-7-9-21-38)33-18-25-39(26-19-33)35(42)34(28-30(3)4)37-36(43)40-22-10-5-6-11-23-40/h12-15,29-30,33-34H,5-11,16-28H2,1-4H3,(H,37,43). The lowest BCUT2D eigenvalue weighted by Crippen LogP contribution is -2.55. The maximum Gasteiger partial charge on any atom is 0.318 e. The highest BCUT2D eigenvalue weighted by Gasteiger charge is 2.32. The molecule has 43 heavy (non-hydrogen) atoms. The van der Waals surface area contributed by atoms with Gasteiger partial charge in [0.25, 0.3) is 0 Å². The number of hydrogen-bond donors (Lipinski definition) is 1. The van der Waals surface area contributed by atoms with Gasteiger partial charge < -0.3 is 24.9 Å². The smallest absolute Gasteiger partial charge is 0.318 e. The van der Waals surface area contributed by atoms with E-state index in [-0.39, 0.29) is 11.9 Å². The van der Waals surface area contributed by atoms with Gasteiger partial charge in [-0.25, -0.2) is 4.79 Å². The van der Waals surface area contributed by atoms with Gasteiger partial charge in [-0.2, -0.15) is 0 Å². The average Bonchev–Trinajstić information content (AvgIpc) is 3.30. The number of hydrogen-bond acceptors (Lipinski definition) is 4. The number of carbonyl (C=O) groups is 2. The molecule has 7 heteroatoms. The number of anilines is 1. The molecule has 0 saturated carbocycles. The van der Waals surface area contributed by atoms with Crippen molar-refractivity contribution in [3.05, 3.63) is 29.8 Å². The normalized spacial score (nSPS) is 19.9. The van der Waals surface area contributed by atoms with Crippen LogP contribution < -0.4 is 10.2 Å². The molecular weight excluding hydrogens is 534 g/mol. The lowest BCUT2D eigenvalue weighted by Gasteiger charge is -2.41. The minimum atomic E-state index is -0.443. The van der Waals surface area contributed by atoms with Gasteiger partial charge in [-0.3, -0.25) is 4.79 Å². The largest absolute Gasteiger partial charge is 0.368 e. The number of carbonyl (C=O) groups excluding carboxylic acids is 2. The molecule has 1 N–H and O–H groups in total. The molecule has 4 rings (SSSR count). The Hall–Kier alpha value is -2.28. The lowest BCUT2D eigenvalue weighted by atomic mass is 9.98. The first-order valence-electron chi connectivity index (χ1n) is 17.7. The fourth-order valence-electron chi connectivity index (χ4n) is 7.07. The number of nitrogens with zero attached hydrogens (tertiary/aromatic N) is 4. The van der Waals surface area contributed by atoms with Gasteiger partial charge in [0, 0.05) is 51.0 Å². The monoisotopic (exact) mass is 595 g/mol. The second-order valence-electron chi connectivity index (χ2n) is 14.3. The van der Waals surface area contributed by atoms with E-state index in [1.54, 1.807) is 0 Å². The molecule has 3 aliphatic rings. The molecule has 3 fully saturated rings. The van der Waals surface area contributed by atoms with Gasteiger partial charge in [0.1, 0.15) is 6.04 Å². The van der Waals surface area contributed by atoms with Crippen molar-refractivity contribution in [1.29, 1.82) is 0 Å². The Morgan fingerprint density at radius 3 is 2.00 bits per heavy atom. The molecule has 1 aromatic rings. The summed E-state index contributed by atoms with van der Waals surface area (Å²) in [5.74, 6) is 1.09. The molecule has 1 unspecified atom stereocenters. The zero-order valence-electron chi connectivity index (χ0n) is 27.9.